The summed E-state index contributed by atoms with van der Waals surface area (Å²) in [6, 6.07) is 8.02. The van der Waals surface area contributed by atoms with Gasteiger partial charge in [0.25, 0.3) is 5.91 Å². The first-order valence-electron chi connectivity index (χ1n) is 9.32. The molecule has 1 aliphatic rings. The molecule has 0 spiro atoms. The summed E-state index contributed by atoms with van der Waals surface area (Å²) in [6.45, 7) is 7.43. The molecule has 0 aromatic heterocycles. The van der Waals surface area contributed by atoms with Gasteiger partial charge in [0.2, 0.25) is 0 Å². The Balaban J connectivity index is 1.81. The van der Waals surface area contributed by atoms with E-state index in [-0.39, 0.29) is 12.5 Å². The molecule has 1 amide bonds. The summed E-state index contributed by atoms with van der Waals surface area (Å²) >= 11 is 0. The summed E-state index contributed by atoms with van der Waals surface area (Å²) in [7, 11) is 0. The summed E-state index contributed by atoms with van der Waals surface area (Å²) in [5.41, 5.74) is 1.02. The van der Waals surface area contributed by atoms with Crippen LogP contribution >= 0.6 is 0 Å². The van der Waals surface area contributed by atoms with Crippen molar-refractivity contribution in [2.45, 2.75) is 39.3 Å². The van der Waals surface area contributed by atoms with Crippen molar-refractivity contribution >= 4 is 11.9 Å². The Morgan fingerprint density at radius 2 is 2.12 bits per heavy atom. The molecule has 7 nitrogen and oxygen atoms in total. The Bertz CT molecular complexity index is 588. The second kappa shape index (κ2) is 11.4. The van der Waals surface area contributed by atoms with E-state index in [1.54, 1.807) is 0 Å². The average molecular weight is 362 g/mol. The molecule has 1 aliphatic carbocycles. The highest BCUT2D eigenvalue weighted by Gasteiger charge is 2.23. The maximum absolute atomic E-state index is 11.7. The van der Waals surface area contributed by atoms with Crippen LogP contribution in [0.3, 0.4) is 0 Å². The molecule has 1 aromatic rings. The van der Waals surface area contributed by atoms with Crippen molar-refractivity contribution in [3.05, 3.63) is 29.8 Å². The van der Waals surface area contributed by atoms with Crippen molar-refractivity contribution in [3.8, 4) is 5.75 Å². The molecule has 0 unspecified atom stereocenters. The quantitative estimate of drug-likeness (QED) is 0.315. The average Bonchev–Trinajstić information content (AvgIpc) is 3.46. The molecule has 144 valence electrons. The van der Waals surface area contributed by atoms with Crippen molar-refractivity contribution in [2.75, 3.05) is 32.9 Å². The van der Waals surface area contributed by atoms with Gasteiger partial charge in [0.15, 0.2) is 12.6 Å². The number of amides is 1. The van der Waals surface area contributed by atoms with Crippen LogP contribution in [0.2, 0.25) is 0 Å². The zero-order chi connectivity index (χ0) is 18.6. The minimum atomic E-state index is -0.0659. The number of carbonyl (C=O) groups is 1. The molecule has 1 fully saturated rings. The van der Waals surface area contributed by atoms with Crippen molar-refractivity contribution in [1.82, 2.24) is 16.0 Å². The molecule has 26 heavy (non-hydrogen) atoms. The van der Waals surface area contributed by atoms with Gasteiger partial charge in [-0.1, -0.05) is 12.1 Å². The molecule has 3 N–H and O–H groups in total. The van der Waals surface area contributed by atoms with Crippen molar-refractivity contribution in [3.63, 3.8) is 0 Å². The minimum Gasteiger partial charge on any atom is -0.484 e. The highest BCUT2D eigenvalue weighted by Crippen LogP contribution is 2.18. The van der Waals surface area contributed by atoms with Gasteiger partial charge in [0.05, 0.1) is 13.2 Å². The number of guanidine groups is 1. The van der Waals surface area contributed by atoms with Crippen molar-refractivity contribution in [1.29, 1.82) is 0 Å². The molecule has 1 saturated carbocycles. The highest BCUT2D eigenvalue weighted by atomic mass is 16.5. The lowest BCUT2D eigenvalue weighted by Gasteiger charge is -2.11. The smallest absolute Gasteiger partial charge is 0.258 e. The summed E-state index contributed by atoms with van der Waals surface area (Å²) < 4.78 is 10.9. The van der Waals surface area contributed by atoms with Crippen LogP contribution in [0.1, 0.15) is 32.3 Å². The van der Waals surface area contributed by atoms with Gasteiger partial charge < -0.3 is 25.4 Å². The van der Waals surface area contributed by atoms with Gasteiger partial charge in [0.1, 0.15) is 5.75 Å². The van der Waals surface area contributed by atoms with Gasteiger partial charge in [-0.15, -0.1) is 0 Å². The summed E-state index contributed by atoms with van der Waals surface area (Å²) in [6.07, 6.45) is 2.15. The number of aliphatic imine (C=N–C) groups is 1. The third kappa shape index (κ3) is 8.20. The Morgan fingerprint density at radius 3 is 2.85 bits per heavy atom. The fraction of sp³-hybridized carbons (Fsp3) is 0.579. The van der Waals surface area contributed by atoms with Crippen LogP contribution in [-0.2, 0) is 16.1 Å². The van der Waals surface area contributed by atoms with Gasteiger partial charge in [-0.05, 0) is 44.4 Å². The highest BCUT2D eigenvalue weighted by molar-refractivity contribution is 5.79. The number of hydrogen-bond acceptors (Lipinski definition) is 4. The zero-order valence-corrected chi connectivity index (χ0v) is 15.7. The van der Waals surface area contributed by atoms with E-state index >= 15 is 0 Å². The Morgan fingerprint density at radius 1 is 1.27 bits per heavy atom. The molecule has 0 radical (unpaired) electrons. The molecular formula is C19H30N4O3. The number of rotatable bonds is 11. The molecule has 0 saturated heterocycles. The van der Waals surface area contributed by atoms with Gasteiger partial charge >= 0.3 is 0 Å². The topological polar surface area (TPSA) is 84.0 Å². The lowest BCUT2D eigenvalue weighted by molar-refractivity contribution is -0.123. The number of carbonyl (C=O) groups excluding carboxylic acids is 1. The second-order valence-electron chi connectivity index (χ2n) is 6.10. The van der Waals surface area contributed by atoms with E-state index in [0.717, 1.165) is 30.9 Å². The van der Waals surface area contributed by atoms with Gasteiger partial charge in [-0.25, -0.2) is 4.99 Å². The van der Waals surface area contributed by atoms with Crippen LogP contribution in [0.15, 0.2) is 29.3 Å². The van der Waals surface area contributed by atoms with E-state index in [1.165, 1.54) is 0 Å². The lowest BCUT2D eigenvalue weighted by atomic mass is 10.2. The van der Waals surface area contributed by atoms with Gasteiger partial charge in [-0.2, -0.15) is 0 Å². The lowest BCUT2D eigenvalue weighted by Crippen LogP contribution is -2.39. The molecular weight excluding hydrogens is 332 g/mol. The van der Waals surface area contributed by atoms with Gasteiger partial charge in [0, 0.05) is 25.7 Å². The van der Waals surface area contributed by atoms with Crippen LogP contribution in [0.25, 0.3) is 0 Å². The van der Waals surface area contributed by atoms with E-state index in [2.05, 4.69) is 20.9 Å². The molecule has 0 heterocycles. The number of hydrogen-bond donors (Lipinski definition) is 3. The van der Waals surface area contributed by atoms with Crippen molar-refractivity contribution in [2.24, 2.45) is 4.99 Å². The predicted molar refractivity (Wildman–Crippen MR) is 102 cm³/mol. The van der Waals surface area contributed by atoms with E-state index in [9.17, 15) is 4.79 Å². The van der Waals surface area contributed by atoms with E-state index < -0.39 is 0 Å². The molecule has 2 rings (SSSR count). The first kappa shape index (κ1) is 20.0. The van der Waals surface area contributed by atoms with E-state index in [1.807, 2.05) is 38.1 Å². The largest absolute Gasteiger partial charge is 0.484 e. The SMILES string of the molecule is CCNC(=NCc1cccc(OCC(=O)NC2CC2)c1)NCCOCC. The molecule has 0 atom stereocenters. The summed E-state index contributed by atoms with van der Waals surface area (Å²) in [5, 5.41) is 9.35. The first-order chi connectivity index (χ1) is 12.7. The fourth-order valence-corrected chi connectivity index (χ4v) is 2.28. The van der Waals surface area contributed by atoms with Crippen LogP contribution in [0, 0.1) is 0 Å². The fourth-order valence-electron chi connectivity index (χ4n) is 2.28. The maximum atomic E-state index is 11.7. The Hall–Kier alpha value is -2.28. The second-order valence-corrected chi connectivity index (χ2v) is 6.10. The van der Waals surface area contributed by atoms with Crippen LogP contribution in [-0.4, -0.2) is 50.8 Å². The van der Waals surface area contributed by atoms with Crippen LogP contribution in [0.4, 0.5) is 0 Å². The van der Waals surface area contributed by atoms with E-state index in [4.69, 9.17) is 9.47 Å². The number of nitrogens with zero attached hydrogens (tertiary/aromatic N) is 1. The zero-order valence-electron chi connectivity index (χ0n) is 15.7. The van der Waals surface area contributed by atoms with Crippen LogP contribution < -0.4 is 20.7 Å². The number of nitrogens with one attached hydrogen (secondary N) is 3. The monoisotopic (exact) mass is 362 g/mol. The molecule has 1 aromatic carbocycles. The predicted octanol–water partition coefficient (Wildman–Crippen LogP) is 1.44. The first-order valence-corrected chi connectivity index (χ1v) is 9.32. The standard InChI is InChI=1S/C19H30N4O3/c1-3-20-19(21-10-11-25-4-2)22-13-15-6-5-7-17(12-15)26-14-18(24)23-16-8-9-16/h5-7,12,16H,3-4,8-11,13-14H2,1-2H3,(H,23,24)(H2,20,21,22). The Labute approximate surface area is 155 Å². The third-order valence-electron chi connectivity index (χ3n) is 3.72. The van der Waals surface area contributed by atoms with Crippen molar-refractivity contribution < 1.29 is 14.3 Å². The third-order valence-corrected chi connectivity index (χ3v) is 3.72. The molecule has 0 aliphatic heterocycles. The molecule has 7 heteroatoms. The van der Waals surface area contributed by atoms with E-state index in [0.29, 0.717) is 38.1 Å². The van der Waals surface area contributed by atoms with Crippen LogP contribution in [0.5, 0.6) is 5.75 Å². The number of ether oxygens (including phenoxy) is 2. The Kier molecular flexibility index (Phi) is 8.75. The normalized spacial score (nSPS) is 14.0. The van der Waals surface area contributed by atoms with Gasteiger partial charge in [-0.3, -0.25) is 4.79 Å². The maximum Gasteiger partial charge on any atom is 0.258 e. The molecule has 0 bridgehead atoms. The number of benzene rings is 1. The summed E-state index contributed by atoms with van der Waals surface area (Å²) in [4.78, 5) is 16.3. The minimum absolute atomic E-state index is 0.0465. The summed E-state index contributed by atoms with van der Waals surface area (Å²) in [5.74, 6) is 1.36.